The molecule has 0 amide bonds. The number of hydrogen-bond donors (Lipinski definition) is 0. The second-order valence-electron chi connectivity index (χ2n) is 27.4. The Hall–Kier alpha value is -11.6. The third-order valence-corrected chi connectivity index (χ3v) is 21.9. The summed E-state index contributed by atoms with van der Waals surface area (Å²) < 4.78 is 5.00. The number of aromatic nitrogens is 2. The van der Waals surface area contributed by atoms with Gasteiger partial charge in [-0.3, -0.25) is 0 Å². The Morgan fingerprint density at radius 2 is 0.585 bits per heavy atom. The van der Waals surface area contributed by atoms with Crippen LogP contribution in [-0.4, -0.2) is 9.13 Å². The fourth-order valence-electron chi connectivity index (χ4n) is 17.5. The van der Waals surface area contributed by atoms with Gasteiger partial charge in [-0.05, 0) is 216 Å². The normalized spacial score (nSPS) is 13.7. The summed E-state index contributed by atoms with van der Waals surface area (Å²) >= 11 is 0. The van der Waals surface area contributed by atoms with Crippen molar-refractivity contribution in [3.63, 3.8) is 0 Å². The van der Waals surface area contributed by atoms with E-state index in [-0.39, 0.29) is 10.8 Å². The number of fused-ring (bicyclic) bond motifs is 18. The third-order valence-electron chi connectivity index (χ3n) is 21.9. The highest BCUT2D eigenvalue weighted by atomic mass is 15.0. The summed E-state index contributed by atoms with van der Waals surface area (Å²) in [6.45, 7) is 9.54. The van der Waals surface area contributed by atoms with Gasteiger partial charge in [0.25, 0.3) is 0 Å². The molecule has 2 aliphatic rings. The topological polar surface area (TPSA) is 9.86 Å². The molecule has 18 aromatic rings. The molecule has 94 heavy (non-hydrogen) atoms. The van der Waals surface area contributed by atoms with Crippen LogP contribution in [0.3, 0.4) is 0 Å². The molecule has 0 aliphatic heterocycles. The van der Waals surface area contributed by atoms with Crippen LogP contribution in [0.1, 0.15) is 49.9 Å². The van der Waals surface area contributed by atoms with Crippen molar-refractivity contribution in [1.29, 1.82) is 0 Å². The van der Waals surface area contributed by atoms with E-state index in [1.54, 1.807) is 0 Å². The number of rotatable bonds is 6. The maximum absolute atomic E-state index is 2.57. The first-order valence-corrected chi connectivity index (χ1v) is 33.1. The monoisotopic (exact) mass is 1190 g/mol. The van der Waals surface area contributed by atoms with Crippen LogP contribution < -0.4 is 0 Å². The summed E-state index contributed by atoms with van der Waals surface area (Å²) in [5.74, 6) is 0. The van der Waals surface area contributed by atoms with Crippen LogP contribution >= 0.6 is 0 Å². The Balaban J connectivity index is 0.846. The molecule has 0 fully saturated rings. The molecule has 0 atom stereocenters. The maximum atomic E-state index is 2.57. The van der Waals surface area contributed by atoms with Gasteiger partial charge in [0.1, 0.15) is 0 Å². The van der Waals surface area contributed by atoms with E-state index in [9.17, 15) is 0 Å². The van der Waals surface area contributed by atoms with Crippen molar-refractivity contribution in [2.24, 2.45) is 0 Å². The van der Waals surface area contributed by atoms with Crippen molar-refractivity contribution >= 4 is 97.5 Å². The summed E-state index contributed by atoms with van der Waals surface area (Å²) in [4.78, 5) is 0. The van der Waals surface area contributed by atoms with E-state index in [0.717, 1.165) is 11.4 Å². The third kappa shape index (κ3) is 7.31. The summed E-state index contributed by atoms with van der Waals surface area (Å²) in [6, 6.07) is 115. The van der Waals surface area contributed by atoms with Crippen molar-refractivity contribution < 1.29 is 0 Å². The molecule has 2 heteroatoms. The lowest BCUT2D eigenvalue weighted by Crippen LogP contribution is -2.14. The van der Waals surface area contributed by atoms with Crippen molar-refractivity contribution in [3.05, 3.63) is 326 Å². The minimum Gasteiger partial charge on any atom is -0.309 e. The van der Waals surface area contributed by atoms with E-state index < -0.39 is 0 Å². The molecular weight excluding hydrogens is 1130 g/mol. The van der Waals surface area contributed by atoms with Gasteiger partial charge < -0.3 is 9.13 Å². The minimum atomic E-state index is -0.133. The van der Waals surface area contributed by atoms with Crippen LogP contribution in [0.25, 0.3) is 176 Å². The molecule has 0 saturated heterocycles. The van der Waals surface area contributed by atoms with E-state index in [1.807, 2.05) is 0 Å². The Labute approximate surface area is 545 Å². The van der Waals surface area contributed by atoms with E-state index >= 15 is 0 Å². The quantitative estimate of drug-likeness (QED) is 0.116. The molecule has 0 bridgehead atoms. The molecule has 2 heterocycles. The van der Waals surface area contributed by atoms with Gasteiger partial charge in [0.2, 0.25) is 0 Å². The zero-order valence-electron chi connectivity index (χ0n) is 52.8. The Morgan fingerprint density at radius 3 is 1.12 bits per heavy atom. The molecule has 0 radical (unpaired) electrons. The number of hydrogen-bond acceptors (Lipinski definition) is 0. The van der Waals surface area contributed by atoms with Gasteiger partial charge in [-0.2, -0.15) is 0 Å². The molecule has 2 aliphatic carbocycles. The highest BCUT2D eigenvalue weighted by molar-refractivity contribution is 6.30. The molecule has 16 aromatic carbocycles. The second-order valence-corrected chi connectivity index (χ2v) is 27.4. The largest absolute Gasteiger partial charge is 0.309 e. The first kappa shape index (κ1) is 53.1. The fraction of sp³-hybridized carbons (Fsp3) is 0.0652. The molecule has 20 rings (SSSR count). The smallest absolute Gasteiger partial charge is 0.0544 e. The lowest BCUT2D eigenvalue weighted by atomic mass is 9.80. The second kappa shape index (κ2) is 19.5. The van der Waals surface area contributed by atoms with Gasteiger partial charge >= 0.3 is 0 Å². The van der Waals surface area contributed by atoms with Crippen LogP contribution in [0.5, 0.6) is 0 Å². The van der Waals surface area contributed by atoms with Crippen molar-refractivity contribution in [1.82, 2.24) is 9.13 Å². The summed E-state index contributed by atoms with van der Waals surface area (Å²) in [6.07, 6.45) is 0. The van der Waals surface area contributed by atoms with Gasteiger partial charge in [-0.25, -0.2) is 0 Å². The summed E-state index contributed by atoms with van der Waals surface area (Å²) in [5, 5.41) is 17.3. The predicted molar refractivity (Wildman–Crippen MR) is 400 cm³/mol. The SMILES string of the molecule is CC1(C)c2ccccc2-c2cc3c4ccccc4n(-c4ccc(-c5c6ccccc6c(-c6ccc(-n7c8ccccc8c8cc9c(cc87)C(C)(C)c7ccccc7-9)cc6)c6cc7c(cc56)c(-c5ccccc5)c(-c5cccc6ccccc56)c5ccccc57)cc4)c3cc21. The molecule has 0 saturated carbocycles. The molecule has 440 valence electrons. The molecule has 2 nitrogen and oxygen atoms in total. The first-order chi connectivity index (χ1) is 46.2. The van der Waals surface area contributed by atoms with Crippen LogP contribution in [0.4, 0.5) is 0 Å². The zero-order valence-corrected chi connectivity index (χ0v) is 52.8. The Kier molecular flexibility index (Phi) is 11.0. The molecule has 2 aromatic heterocycles. The Morgan fingerprint density at radius 1 is 0.202 bits per heavy atom. The average molecular weight is 1200 g/mol. The van der Waals surface area contributed by atoms with Crippen molar-refractivity contribution in [2.75, 3.05) is 0 Å². The minimum absolute atomic E-state index is 0.130. The van der Waals surface area contributed by atoms with Crippen LogP contribution in [0, 0.1) is 0 Å². The average Bonchev–Trinajstić information content (AvgIpc) is 1.60. The molecular formula is C92H62N2. The van der Waals surface area contributed by atoms with Gasteiger partial charge in [-0.15, -0.1) is 0 Å². The van der Waals surface area contributed by atoms with Crippen LogP contribution in [0.2, 0.25) is 0 Å². The number of benzene rings is 16. The lowest BCUT2D eigenvalue weighted by molar-refractivity contribution is 0.661. The summed E-state index contributed by atoms with van der Waals surface area (Å²) in [5.41, 5.74) is 27.5. The van der Waals surface area contributed by atoms with E-state index in [2.05, 4.69) is 340 Å². The number of para-hydroxylation sites is 2. The summed E-state index contributed by atoms with van der Waals surface area (Å²) in [7, 11) is 0. The highest BCUT2D eigenvalue weighted by Crippen LogP contribution is 2.55. The highest BCUT2D eigenvalue weighted by Gasteiger charge is 2.38. The molecule has 0 N–H and O–H groups in total. The van der Waals surface area contributed by atoms with Crippen LogP contribution in [-0.2, 0) is 10.8 Å². The van der Waals surface area contributed by atoms with Gasteiger partial charge in [0.15, 0.2) is 0 Å². The van der Waals surface area contributed by atoms with Gasteiger partial charge in [0.05, 0.1) is 22.1 Å². The fourth-order valence-corrected chi connectivity index (χ4v) is 17.5. The molecule has 0 unspecified atom stereocenters. The van der Waals surface area contributed by atoms with E-state index in [1.165, 1.54) is 186 Å². The standard InChI is InChI=1S/C92H62N2/c1-91(2)79-37-18-14-29-63(79)72-50-74-65-31-16-20-39-83(65)93(85(74)53-81(72)91)59-45-41-57(42-46-59)87-69-34-12-13-35-70(69)88(58-43-47-60(48-44-58)94-84-40-21-17-32-66(84)75-51-73-64-30-15-19-38-80(64)92(3,4)82(73)54-86(75)94)78-52-76-71(49-77(78)87)62-28-10-11-33-68(62)90(89(76)56-24-6-5-7-25-56)67-36-22-26-55-23-8-9-27-61(55)67/h5-54H,1-4H3. The van der Waals surface area contributed by atoms with Gasteiger partial charge in [-0.1, -0.05) is 258 Å². The predicted octanol–water partition coefficient (Wildman–Crippen LogP) is 24.9. The van der Waals surface area contributed by atoms with E-state index in [4.69, 9.17) is 0 Å². The van der Waals surface area contributed by atoms with Crippen LogP contribution in [0.15, 0.2) is 303 Å². The van der Waals surface area contributed by atoms with Crippen molar-refractivity contribution in [3.8, 4) is 78.1 Å². The van der Waals surface area contributed by atoms with Gasteiger partial charge in [0, 0.05) is 43.7 Å². The first-order valence-electron chi connectivity index (χ1n) is 33.1. The lowest BCUT2D eigenvalue weighted by Gasteiger charge is -2.23. The number of nitrogens with zero attached hydrogens (tertiary/aromatic N) is 2. The maximum Gasteiger partial charge on any atom is 0.0544 e. The van der Waals surface area contributed by atoms with Crippen molar-refractivity contribution in [2.45, 2.75) is 38.5 Å². The Bertz CT molecular complexity index is 6300. The zero-order chi connectivity index (χ0) is 62.3. The van der Waals surface area contributed by atoms with E-state index in [0.29, 0.717) is 0 Å². The molecule has 0 spiro atoms.